The Balaban J connectivity index is 2.68. The average Bonchev–Trinajstić information content (AvgIpc) is 2.56. The molecule has 0 aliphatic rings. The average molecular weight is 222 g/mol. The SMILES string of the molecule is N#Cc1oc2ccccc2c1OC(=O)Cl. The van der Waals surface area contributed by atoms with E-state index in [0.717, 1.165) is 0 Å². The van der Waals surface area contributed by atoms with Crippen LogP contribution in [-0.2, 0) is 0 Å². The summed E-state index contributed by atoms with van der Waals surface area (Å²) in [6, 6.07) is 8.62. The fourth-order valence-corrected chi connectivity index (χ4v) is 1.35. The molecule has 1 aromatic heterocycles. The molecule has 0 N–H and O–H groups in total. The number of halogens is 1. The number of nitrogens with zero attached hydrogens (tertiary/aromatic N) is 1. The quantitative estimate of drug-likeness (QED) is 0.695. The van der Waals surface area contributed by atoms with Gasteiger partial charge in [-0.3, -0.25) is 0 Å². The predicted octanol–water partition coefficient (Wildman–Crippen LogP) is 3.04. The molecule has 15 heavy (non-hydrogen) atoms. The molecule has 0 atom stereocenters. The Morgan fingerprint density at radius 2 is 2.20 bits per heavy atom. The van der Waals surface area contributed by atoms with Crippen molar-refractivity contribution in [2.75, 3.05) is 0 Å². The zero-order chi connectivity index (χ0) is 10.8. The Labute approximate surface area is 89.6 Å². The van der Waals surface area contributed by atoms with Gasteiger partial charge in [-0.25, -0.2) is 4.79 Å². The lowest BCUT2D eigenvalue weighted by Gasteiger charge is -1.95. The molecule has 4 nitrogen and oxygen atoms in total. The van der Waals surface area contributed by atoms with Crippen LogP contribution in [0.3, 0.4) is 0 Å². The van der Waals surface area contributed by atoms with E-state index in [4.69, 9.17) is 26.0 Å². The number of hydrogen-bond donors (Lipinski definition) is 0. The third-order valence-corrected chi connectivity index (χ3v) is 1.91. The van der Waals surface area contributed by atoms with E-state index in [1.165, 1.54) is 0 Å². The maximum absolute atomic E-state index is 10.6. The summed E-state index contributed by atoms with van der Waals surface area (Å²) in [6.07, 6.45) is 0. The van der Waals surface area contributed by atoms with Crippen LogP contribution in [0.4, 0.5) is 4.79 Å². The van der Waals surface area contributed by atoms with Crippen molar-refractivity contribution in [2.24, 2.45) is 0 Å². The van der Waals surface area contributed by atoms with Gasteiger partial charge in [0.05, 0.1) is 5.39 Å². The van der Waals surface area contributed by atoms with Gasteiger partial charge in [0.1, 0.15) is 11.7 Å². The highest BCUT2D eigenvalue weighted by Gasteiger charge is 2.16. The van der Waals surface area contributed by atoms with Crippen LogP contribution in [0.15, 0.2) is 28.7 Å². The molecule has 0 bridgehead atoms. The zero-order valence-corrected chi connectivity index (χ0v) is 8.12. The van der Waals surface area contributed by atoms with Crippen molar-refractivity contribution in [1.29, 1.82) is 5.26 Å². The van der Waals surface area contributed by atoms with Crippen molar-refractivity contribution < 1.29 is 13.9 Å². The van der Waals surface area contributed by atoms with Crippen LogP contribution < -0.4 is 4.74 Å². The van der Waals surface area contributed by atoms with Gasteiger partial charge >= 0.3 is 5.43 Å². The fourth-order valence-electron chi connectivity index (χ4n) is 1.28. The lowest BCUT2D eigenvalue weighted by molar-refractivity contribution is 0.225. The summed E-state index contributed by atoms with van der Waals surface area (Å²) in [6.45, 7) is 0. The van der Waals surface area contributed by atoms with Gasteiger partial charge in [-0.05, 0) is 12.1 Å². The Kier molecular flexibility index (Phi) is 2.32. The maximum Gasteiger partial charge on any atom is 0.409 e. The van der Waals surface area contributed by atoms with Crippen LogP contribution >= 0.6 is 11.6 Å². The molecule has 0 fully saturated rings. The Morgan fingerprint density at radius 1 is 1.47 bits per heavy atom. The third-order valence-electron chi connectivity index (χ3n) is 1.83. The smallest absolute Gasteiger partial charge is 0.409 e. The van der Waals surface area contributed by atoms with E-state index in [1.54, 1.807) is 30.3 Å². The number of para-hydroxylation sites is 1. The molecule has 5 heteroatoms. The molecule has 0 aliphatic heterocycles. The summed E-state index contributed by atoms with van der Waals surface area (Å²) in [4.78, 5) is 10.6. The van der Waals surface area contributed by atoms with Crippen molar-refractivity contribution in [2.45, 2.75) is 0 Å². The number of carbonyl (C=O) groups is 1. The molecule has 0 aliphatic carbocycles. The second-order valence-electron chi connectivity index (χ2n) is 2.71. The Hall–Kier alpha value is -1.99. The number of hydrogen-bond acceptors (Lipinski definition) is 4. The third kappa shape index (κ3) is 1.65. The number of nitriles is 1. The maximum atomic E-state index is 10.6. The predicted molar refractivity (Wildman–Crippen MR) is 52.8 cm³/mol. The van der Waals surface area contributed by atoms with Gasteiger partial charge < -0.3 is 9.15 Å². The van der Waals surface area contributed by atoms with Crippen molar-refractivity contribution in [3.63, 3.8) is 0 Å². The molecule has 0 spiro atoms. The molecule has 0 radical (unpaired) electrons. The first-order valence-electron chi connectivity index (χ1n) is 4.01. The normalized spacial score (nSPS) is 9.87. The number of rotatable bonds is 1. The summed E-state index contributed by atoms with van der Waals surface area (Å²) in [7, 11) is 0. The molecule has 0 saturated carbocycles. The number of furan rings is 1. The van der Waals surface area contributed by atoms with Crippen LogP contribution in [-0.4, -0.2) is 5.43 Å². The van der Waals surface area contributed by atoms with E-state index < -0.39 is 5.43 Å². The minimum Gasteiger partial charge on any atom is -0.442 e. The van der Waals surface area contributed by atoms with E-state index in [9.17, 15) is 4.79 Å². The fraction of sp³-hybridized carbons (Fsp3) is 0. The van der Waals surface area contributed by atoms with Gasteiger partial charge in [0, 0.05) is 11.6 Å². The zero-order valence-electron chi connectivity index (χ0n) is 7.36. The summed E-state index contributed by atoms with van der Waals surface area (Å²) in [5.74, 6) is -0.00157. The first-order valence-corrected chi connectivity index (χ1v) is 4.39. The van der Waals surface area contributed by atoms with Gasteiger partial charge in [0.25, 0.3) is 0 Å². The van der Waals surface area contributed by atoms with E-state index in [2.05, 4.69) is 0 Å². The van der Waals surface area contributed by atoms with Gasteiger partial charge in [0.2, 0.25) is 5.76 Å². The first-order chi connectivity index (χ1) is 7.22. The van der Waals surface area contributed by atoms with E-state index >= 15 is 0 Å². The first kappa shape index (κ1) is 9.56. The molecule has 2 rings (SSSR count). The Bertz CT molecular complexity index is 568. The molecule has 0 amide bonds. The summed E-state index contributed by atoms with van der Waals surface area (Å²) in [5, 5.41) is 9.30. The molecule has 74 valence electrons. The number of ether oxygens (including phenoxy) is 1. The van der Waals surface area contributed by atoms with Crippen molar-refractivity contribution in [3.8, 4) is 11.8 Å². The van der Waals surface area contributed by atoms with Crippen LogP contribution in [0, 0.1) is 11.3 Å². The van der Waals surface area contributed by atoms with E-state index in [0.29, 0.717) is 11.0 Å². The largest absolute Gasteiger partial charge is 0.442 e. The highest BCUT2D eigenvalue weighted by molar-refractivity contribution is 6.61. The monoisotopic (exact) mass is 221 g/mol. The van der Waals surface area contributed by atoms with Crippen molar-refractivity contribution >= 4 is 28.0 Å². The topological polar surface area (TPSA) is 63.2 Å². The summed E-state index contributed by atoms with van der Waals surface area (Å²) in [5.41, 5.74) is -0.528. The molecule has 0 saturated heterocycles. The molecular weight excluding hydrogens is 218 g/mol. The molecule has 2 aromatic rings. The highest BCUT2D eigenvalue weighted by Crippen LogP contribution is 2.32. The van der Waals surface area contributed by atoms with Crippen molar-refractivity contribution in [3.05, 3.63) is 30.0 Å². The summed E-state index contributed by atoms with van der Waals surface area (Å²) >= 11 is 5.09. The van der Waals surface area contributed by atoms with E-state index in [1.807, 2.05) is 0 Å². The van der Waals surface area contributed by atoms with Crippen LogP contribution in [0.25, 0.3) is 11.0 Å². The second-order valence-corrected chi connectivity index (χ2v) is 3.02. The molecule has 1 aromatic carbocycles. The van der Waals surface area contributed by atoms with Crippen molar-refractivity contribution in [1.82, 2.24) is 0 Å². The number of benzene rings is 1. The standard InChI is InChI=1S/C10H4ClNO3/c11-10(13)15-9-6-3-1-2-4-7(6)14-8(9)5-12/h1-4H. The molecule has 1 heterocycles. The highest BCUT2D eigenvalue weighted by atomic mass is 35.5. The van der Waals surface area contributed by atoms with Gasteiger partial charge in [0.15, 0.2) is 5.75 Å². The lowest BCUT2D eigenvalue weighted by atomic mass is 10.2. The van der Waals surface area contributed by atoms with Gasteiger partial charge in [-0.1, -0.05) is 12.1 Å². The number of carbonyl (C=O) groups excluding carboxylic acids is 1. The number of fused-ring (bicyclic) bond motifs is 1. The minimum atomic E-state index is -1.00. The minimum absolute atomic E-state index is 0.0631. The molecular formula is C10H4ClNO3. The lowest BCUT2D eigenvalue weighted by Crippen LogP contribution is -1.96. The summed E-state index contributed by atoms with van der Waals surface area (Å²) < 4.78 is 9.85. The van der Waals surface area contributed by atoms with E-state index in [-0.39, 0.29) is 11.5 Å². The second kappa shape index (κ2) is 3.64. The van der Waals surface area contributed by atoms with Crippen LogP contribution in [0.5, 0.6) is 5.75 Å². The van der Waals surface area contributed by atoms with Gasteiger partial charge in [-0.15, -0.1) is 0 Å². The van der Waals surface area contributed by atoms with Crippen LogP contribution in [0.1, 0.15) is 5.76 Å². The molecule has 0 unspecified atom stereocenters. The Morgan fingerprint density at radius 3 is 2.87 bits per heavy atom. The van der Waals surface area contributed by atoms with Gasteiger partial charge in [-0.2, -0.15) is 5.26 Å². The van der Waals surface area contributed by atoms with Crippen LogP contribution in [0.2, 0.25) is 0 Å².